The third-order valence-corrected chi connectivity index (χ3v) is 7.20. The Morgan fingerprint density at radius 1 is 0.852 bits per heavy atom. The fraction of sp³-hybridized carbons (Fsp3) is 0.905. The summed E-state index contributed by atoms with van der Waals surface area (Å²) in [6.07, 6.45) is 10.7. The minimum absolute atomic E-state index is 0.215. The van der Waals surface area contributed by atoms with Gasteiger partial charge < -0.3 is 10.2 Å². The van der Waals surface area contributed by atoms with Crippen molar-refractivity contribution in [2.24, 2.45) is 5.92 Å². The van der Waals surface area contributed by atoms with E-state index in [1.807, 2.05) is 4.90 Å². The standard InChI is InChI=1S/C21H36N4O2/c26-20(14-17-4-1-2-5-17)22-18-8-9-23(15-18)16-21(27)25-12-10-24(11-13-25)19-6-3-7-19/h17-19H,1-16H2,(H,22,26). The fourth-order valence-corrected chi connectivity index (χ4v) is 5.24. The lowest BCUT2D eigenvalue weighted by atomic mass is 9.91. The Morgan fingerprint density at radius 2 is 1.59 bits per heavy atom. The summed E-state index contributed by atoms with van der Waals surface area (Å²) in [5.41, 5.74) is 0. The van der Waals surface area contributed by atoms with Crippen LogP contribution in [-0.2, 0) is 9.59 Å². The zero-order valence-electron chi connectivity index (χ0n) is 16.7. The van der Waals surface area contributed by atoms with Gasteiger partial charge in [0.25, 0.3) is 0 Å². The first-order valence-electron chi connectivity index (χ1n) is 11.2. The van der Waals surface area contributed by atoms with E-state index in [4.69, 9.17) is 0 Å². The molecule has 27 heavy (non-hydrogen) atoms. The smallest absolute Gasteiger partial charge is 0.236 e. The SMILES string of the molecule is O=C(CC1CCCC1)NC1CCN(CC(=O)N2CCN(C3CCC3)CC2)C1. The largest absolute Gasteiger partial charge is 0.352 e. The second-order valence-electron chi connectivity index (χ2n) is 9.14. The van der Waals surface area contributed by atoms with E-state index in [2.05, 4.69) is 15.1 Å². The van der Waals surface area contributed by atoms with Gasteiger partial charge in [0.05, 0.1) is 6.54 Å². The zero-order chi connectivity index (χ0) is 18.6. The summed E-state index contributed by atoms with van der Waals surface area (Å²) in [5, 5.41) is 3.21. The van der Waals surface area contributed by atoms with Crippen molar-refractivity contribution in [2.75, 3.05) is 45.8 Å². The summed E-state index contributed by atoms with van der Waals surface area (Å²) >= 11 is 0. The fourth-order valence-electron chi connectivity index (χ4n) is 5.24. The molecule has 0 aromatic rings. The number of carbonyl (C=O) groups excluding carboxylic acids is 2. The van der Waals surface area contributed by atoms with Gasteiger partial charge in [0.1, 0.15) is 0 Å². The molecule has 4 aliphatic rings. The van der Waals surface area contributed by atoms with Crippen LogP contribution < -0.4 is 5.32 Å². The van der Waals surface area contributed by atoms with Crippen molar-refractivity contribution < 1.29 is 9.59 Å². The number of carbonyl (C=O) groups is 2. The molecule has 1 N–H and O–H groups in total. The van der Waals surface area contributed by atoms with E-state index in [-0.39, 0.29) is 17.9 Å². The Labute approximate surface area is 163 Å². The first kappa shape index (κ1) is 19.2. The molecule has 0 spiro atoms. The second kappa shape index (κ2) is 8.91. The maximum atomic E-state index is 12.7. The predicted octanol–water partition coefficient (Wildman–Crippen LogP) is 1.45. The minimum Gasteiger partial charge on any atom is -0.352 e. The average molecular weight is 377 g/mol. The maximum Gasteiger partial charge on any atom is 0.236 e. The van der Waals surface area contributed by atoms with E-state index >= 15 is 0 Å². The third-order valence-electron chi connectivity index (χ3n) is 7.20. The van der Waals surface area contributed by atoms with Crippen LogP contribution in [-0.4, -0.2) is 84.4 Å². The van der Waals surface area contributed by atoms with Crippen molar-refractivity contribution in [1.29, 1.82) is 0 Å². The van der Waals surface area contributed by atoms with Gasteiger partial charge in [-0.25, -0.2) is 0 Å². The van der Waals surface area contributed by atoms with Crippen LogP contribution in [0.15, 0.2) is 0 Å². The summed E-state index contributed by atoms with van der Waals surface area (Å²) < 4.78 is 0. The van der Waals surface area contributed by atoms with Gasteiger partial charge in [-0.1, -0.05) is 19.3 Å². The molecule has 0 bridgehead atoms. The monoisotopic (exact) mass is 376 g/mol. The highest BCUT2D eigenvalue weighted by molar-refractivity contribution is 5.78. The number of amides is 2. The van der Waals surface area contributed by atoms with E-state index in [0.29, 0.717) is 18.9 Å². The van der Waals surface area contributed by atoms with Crippen LogP contribution in [0.5, 0.6) is 0 Å². The molecule has 1 atom stereocenters. The van der Waals surface area contributed by atoms with Crippen LogP contribution in [0.25, 0.3) is 0 Å². The Bertz CT molecular complexity index is 522. The second-order valence-corrected chi connectivity index (χ2v) is 9.14. The van der Waals surface area contributed by atoms with Crippen molar-refractivity contribution in [1.82, 2.24) is 20.0 Å². The normalized spacial score (nSPS) is 28.4. The molecule has 0 aromatic heterocycles. The molecule has 6 nitrogen and oxygen atoms in total. The van der Waals surface area contributed by atoms with Crippen molar-refractivity contribution in [3.63, 3.8) is 0 Å². The van der Waals surface area contributed by atoms with Crippen LogP contribution in [0, 0.1) is 5.92 Å². The molecule has 1 unspecified atom stereocenters. The van der Waals surface area contributed by atoms with Crippen molar-refractivity contribution in [2.45, 2.75) is 69.9 Å². The Kier molecular flexibility index (Phi) is 6.33. The van der Waals surface area contributed by atoms with Crippen LogP contribution in [0.1, 0.15) is 57.8 Å². The number of piperazine rings is 1. The third kappa shape index (κ3) is 5.02. The number of hydrogen-bond donors (Lipinski definition) is 1. The highest BCUT2D eigenvalue weighted by Crippen LogP contribution is 2.27. The van der Waals surface area contributed by atoms with Gasteiger partial charge in [-0.3, -0.25) is 19.4 Å². The van der Waals surface area contributed by atoms with Gasteiger partial charge in [-0.05, 0) is 38.0 Å². The van der Waals surface area contributed by atoms with Crippen LogP contribution in [0.2, 0.25) is 0 Å². The van der Waals surface area contributed by atoms with Gasteiger partial charge in [0.15, 0.2) is 0 Å². The molecular formula is C21H36N4O2. The lowest BCUT2D eigenvalue weighted by Crippen LogP contribution is -2.55. The molecule has 0 aromatic carbocycles. The maximum absolute atomic E-state index is 12.7. The molecule has 2 heterocycles. The summed E-state index contributed by atoms with van der Waals surface area (Å²) in [6.45, 7) is 6.09. The van der Waals surface area contributed by atoms with E-state index in [9.17, 15) is 9.59 Å². The predicted molar refractivity (Wildman–Crippen MR) is 105 cm³/mol. The summed E-state index contributed by atoms with van der Waals surface area (Å²) in [5.74, 6) is 1.08. The van der Waals surface area contributed by atoms with E-state index in [0.717, 1.165) is 51.7 Å². The molecule has 2 saturated heterocycles. The van der Waals surface area contributed by atoms with Crippen LogP contribution in [0.4, 0.5) is 0 Å². The number of nitrogens with one attached hydrogen (secondary N) is 1. The first-order chi connectivity index (χ1) is 13.2. The van der Waals surface area contributed by atoms with Gasteiger partial charge in [-0.2, -0.15) is 0 Å². The molecule has 4 fully saturated rings. The average Bonchev–Trinajstić information content (AvgIpc) is 3.26. The minimum atomic E-state index is 0.215. The highest BCUT2D eigenvalue weighted by Gasteiger charge is 2.31. The molecule has 2 aliphatic heterocycles. The van der Waals surface area contributed by atoms with Crippen molar-refractivity contribution >= 4 is 11.8 Å². The van der Waals surface area contributed by atoms with E-state index < -0.39 is 0 Å². The molecule has 2 saturated carbocycles. The molecule has 152 valence electrons. The van der Waals surface area contributed by atoms with Gasteiger partial charge in [-0.15, -0.1) is 0 Å². The first-order valence-corrected chi connectivity index (χ1v) is 11.2. The number of rotatable bonds is 6. The molecule has 2 amide bonds. The Hall–Kier alpha value is -1.14. The van der Waals surface area contributed by atoms with Crippen LogP contribution >= 0.6 is 0 Å². The summed E-state index contributed by atoms with van der Waals surface area (Å²) in [6, 6.07) is 1.01. The number of nitrogens with zero attached hydrogens (tertiary/aromatic N) is 3. The van der Waals surface area contributed by atoms with Gasteiger partial charge in [0.2, 0.25) is 11.8 Å². The van der Waals surface area contributed by atoms with Crippen molar-refractivity contribution in [3.05, 3.63) is 0 Å². The quantitative estimate of drug-likeness (QED) is 0.762. The molecule has 2 aliphatic carbocycles. The molecule has 0 radical (unpaired) electrons. The lowest BCUT2D eigenvalue weighted by Gasteiger charge is -2.43. The molecular weight excluding hydrogens is 340 g/mol. The molecule has 6 heteroatoms. The highest BCUT2D eigenvalue weighted by atomic mass is 16.2. The topological polar surface area (TPSA) is 55.9 Å². The lowest BCUT2D eigenvalue weighted by molar-refractivity contribution is -0.134. The van der Waals surface area contributed by atoms with Crippen LogP contribution in [0.3, 0.4) is 0 Å². The Balaban J connectivity index is 1.14. The number of hydrogen-bond acceptors (Lipinski definition) is 4. The summed E-state index contributed by atoms with van der Waals surface area (Å²) in [7, 11) is 0. The van der Waals surface area contributed by atoms with Gasteiger partial charge >= 0.3 is 0 Å². The number of likely N-dealkylation sites (tertiary alicyclic amines) is 1. The zero-order valence-corrected chi connectivity index (χ0v) is 16.7. The van der Waals surface area contributed by atoms with Crippen molar-refractivity contribution in [3.8, 4) is 0 Å². The van der Waals surface area contributed by atoms with E-state index in [1.54, 1.807) is 0 Å². The molecule has 4 rings (SSSR count). The summed E-state index contributed by atoms with van der Waals surface area (Å²) in [4.78, 5) is 31.7. The van der Waals surface area contributed by atoms with E-state index in [1.165, 1.54) is 44.9 Å². The van der Waals surface area contributed by atoms with Gasteiger partial charge in [0, 0.05) is 57.8 Å². The Morgan fingerprint density at radius 3 is 2.26 bits per heavy atom.